The molecular formula is C21H15BrClIN2O2. The largest absolute Gasteiger partial charge is 0.488 e. The number of ether oxygens (including phenoxy) is 1. The molecule has 0 aliphatic rings. The Morgan fingerprint density at radius 3 is 2.54 bits per heavy atom. The molecule has 0 saturated carbocycles. The van der Waals surface area contributed by atoms with Crippen LogP contribution in [-0.4, -0.2) is 12.1 Å². The highest BCUT2D eigenvalue weighted by Gasteiger charge is 2.06. The lowest BCUT2D eigenvalue weighted by Gasteiger charge is -2.10. The van der Waals surface area contributed by atoms with E-state index >= 15 is 0 Å². The predicted octanol–water partition coefficient (Wildman–Crippen LogP) is 6.05. The van der Waals surface area contributed by atoms with Crippen LogP contribution in [0.3, 0.4) is 0 Å². The Morgan fingerprint density at radius 2 is 1.82 bits per heavy atom. The molecule has 0 aromatic heterocycles. The summed E-state index contributed by atoms with van der Waals surface area (Å²) in [6.07, 6.45) is 1.52. The van der Waals surface area contributed by atoms with Gasteiger partial charge in [-0.3, -0.25) is 4.79 Å². The third-order valence-corrected chi connectivity index (χ3v) is 5.24. The molecule has 0 heterocycles. The molecule has 0 aliphatic heterocycles. The average Bonchev–Trinajstić information content (AvgIpc) is 2.69. The number of carbonyl (C=O) groups excluding carboxylic acids is 1. The monoisotopic (exact) mass is 568 g/mol. The molecule has 3 aromatic rings. The van der Waals surface area contributed by atoms with Crippen molar-refractivity contribution in [3.63, 3.8) is 0 Å². The summed E-state index contributed by atoms with van der Waals surface area (Å²) in [5, 5.41) is 4.59. The fraction of sp³-hybridized carbons (Fsp3) is 0.0476. The first kappa shape index (κ1) is 20.8. The number of nitrogens with one attached hydrogen (secondary N) is 1. The lowest BCUT2D eigenvalue weighted by Crippen LogP contribution is -2.17. The zero-order valence-electron chi connectivity index (χ0n) is 14.5. The van der Waals surface area contributed by atoms with Gasteiger partial charge in [-0.25, -0.2) is 5.43 Å². The van der Waals surface area contributed by atoms with E-state index in [1.54, 1.807) is 30.3 Å². The van der Waals surface area contributed by atoms with Crippen molar-refractivity contribution < 1.29 is 9.53 Å². The fourth-order valence-corrected chi connectivity index (χ4v) is 3.12. The quantitative estimate of drug-likeness (QED) is 0.223. The highest BCUT2D eigenvalue weighted by atomic mass is 127. The minimum absolute atomic E-state index is 0.285. The summed E-state index contributed by atoms with van der Waals surface area (Å²) in [7, 11) is 0. The van der Waals surface area contributed by atoms with E-state index in [4.69, 9.17) is 16.3 Å². The molecule has 0 radical (unpaired) electrons. The Kier molecular flexibility index (Phi) is 7.47. The van der Waals surface area contributed by atoms with Crippen LogP contribution in [0.15, 0.2) is 76.3 Å². The van der Waals surface area contributed by atoms with Gasteiger partial charge in [0.2, 0.25) is 0 Å². The maximum Gasteiger partial charge on any atom is 0.271 e. The van der Waals surface area contributed by atoms with Gasteiger partial charge in [0.15, 0.2) is 0 Å². The van der Waals surface area contributed by atoms with Gasteiger partial charge in [0.1, 0.15) is 12.4 Å². The van der Waals surface area contributed by atoms with Crippen LogP contribution in [0.25, 0.3) is 0 Å². The number of carbonyl (C=O) groups is 1. The molecule has 0 atom stereocenters. The van der Waals surface area contributed by atoms with E-state index in [1.165, 1.54) is 6.21 Å². The third kappa shape index (κ3) is 6.05. The van der Waals surface area contributed by atoms with Gasteiger partial charge >= 0.3 is 0 Å². The van der Waals surface area contributed by atoms with Gasteiger partial charge in [-0.1, -0.05) is 39.7 Å². The molecule has 0 spiro atoms. The van der Waals surface area contributed by atoms with E-state index in [0.717, 1.165) is 13.6 Å². The molecule has 0 fully saturated rings. The van der Waals surface area contributed by atoms with Crippen LogP contribution in [0.4, 0.5) is 0 Å². The maximum atomic E-state index is 12.1. The molecule has 1 amide bonds. The van der Waals surface area contributed by atoms with Crippen LogP contribution < -0.4 is 10.2 Å². The Hall–Kier alpha value is -1.90. The molecule has 0 unspecified atom stereocenters. The molecule has 0 saturated heterocycles. The van der Waals surface area contributed by atoms with Crippen molar-refractivity contribution in [2.75, 3.05) is 0 Å². The van der Waals surface area contributed by atoms with Gasteiger partial charge in [0, 0.05) is 24.2 Å². The van der Waals surface area contributed by atoms with Crippen molar-refractivity contribution in [1.29, 1.82) is 0 Å². The van der Waals surface area contributed by atoms with Crippen molar-refractivity contribution in [2.45, 2.75) is 6.61 Å². The van der Waals surface area contributed by atoms with Gasteiger partial charge in [0.25, 0.3) is 5.91 Å². The third-order valence-electron chi connectivity index (χ3n) is 3.76. The first-order valence-electron chi connectivity index (χ1n) is 8.27. The topological polar surface area (TPSA) is 50.7 Å². The van der Waals surface area contributed by atoms with E-state index in [9.17, 15) is 4.79 Å². The van der Waals surface area contributed by atoms with Crippen LogP contribution in [-0.2, 0) is 6.61 Å². The molecule has 3 rings (SSSR count). The Morgan fingerprint density at radius 1 is 1.11 bits per heavy atom. The number of hydrazone groups is 1. The summed E-state index contributed by atoms with van der Waals surface area (Å²) >= 11 is 11.7. The number of benzene rings is 3. The SMILES string of the molecule is O=C(N/N=C\c1cc(Cl)ccc1OCc1ccc(Br)cc1)c1ccc(I)cc1. The minimum Gasteiger partial charge on any atom is -0.488 e. The molecule has 142 valence electrons. The van der Waals surface area contributed by atoms with Crippen LogP contribution in [0, 0.1) is 3.57 Å². The highest BCUT2D eigenvalue weighted by molar-refractivity contribution is 14.1. The zero-order chi connectivity index (χ0) is 19.9. The molecule has 3 aromatic carbocycles. The number of rotatable bonds is 6. The predicted molar refractivity (Wildman–Crippen MR) is 124 cm³/mol. The van der Waals surface area contributed by atoms with Crippen LogP contribution >= 0.6 is 50.1 Å². The first-order chi connectivity index (χ1) is 13.5. The molecule has 7 heteroatoms. The van der Waals surface area contributed by atoms with E-state index in [0.29, 0.717) is 28.5 Å². The van der Waals surface area contributed by atoms with E-state index in [2.05, 4.69) is 49.0 Å². The number of hydrogen-bond donors (Lipinski definition) is 1. The van der Waals surface area contributed by atoms with E-state index in [1.807, 2.05) is 36.4 Å². The summed E-state index contributed by atoms with van der Waals surface area (Å²) in [5.41, 5.74) is 4.76. The van der Waals surface area contributed by atoms with Gasteiger partial charge < -0.3 is 4.74 Å². The average molecular weight is 570 g/mol. The molecular weight excluding hydrogens is 555 g/mol. The maximum absolute atomic E-state index is 12.1. The second-order valence-corrected chi connectivity index (χ2v) is 8.40. The molecule has 0 bridgehead atoms. The van der Waals surface area contributed by atoms with Crippen molar-refractivity contribution in [1.82, 2.24) is 5.43 Å². The van der Waals surface area contributed by atoms with Crippen LogP contribution in [0.1, 0.15) is 21.5 Å². The molecule has 28 heavy (non-hydrogen) atoms. The van der Waals surface area contributed by atoms with Crippen LogP contribution in [0.5, 0.6) is 5.75 Å². The van der Waals surface area contributed by atoms with Gasteiger partial charge in [-0.15, -0.1) is 0 Å². The second-order valence-electron chi connectivity index (χ2n) is 5.80. The van der Waals surface area contributed by atoms with Crippen molar-refractivity contribution >= 4 is 62.2 Å². The summed E-state index contributed by atoms with van der Waals surface area (Å²) in [5.74, 6) is 0.339. The van der Waals surface area contributed by atoms with Gasteiger partial charge in [-0.2, -0.15) is 5.10 Å². The zero-order valence-corrected chi connectivity index (χ0v) is 19.0. The van der Waals surface area contributed by atoms with Gasteiger partial charge in [0.05, 0.1) is 6.21 Å². The van der Waals surface area contributed by atoms with Crippen molar-refractivity contribution in [2.24, 2.45) is 5.10 Å². The number of halogens is 3. The smallest absolute Gasteiger partial charge is 0.271 e. The lowest BCUT2D eigenvalue weighted by atomic mass is 10.2. The summed E-state index contributed by atoms with van der Waals surface area (Å²) in [6, 6.07) is 20.4. The highest BCUT2D eigenvalue weighted by Crippen LogP contribution is 2.23. The number of nitrogens with zero attached hydrogens (tertiary/aromatic N) is 1. The fourth-order valence-electron chi connectivity index (χ4n) is 2.32. The Labute approximate surface area is 190 Å². The standard InChI is InChI=1S/C21H15BrClIN2O2/c22-17-5-1-14(2-6-17)13-28-20-10-7-18(23)11-16(20)12-25-26-21(27)15-3-8-19(24)9-4-15/h1-12H,13H2,(H,26,27)/b25-12-. The molecule has 0 aliphatic carbocycles. The lowest BCUT2D eigenvalue weighted by molar-refractivity contribution is 0.0955. The Balaban J connectivity index is 1.67. The van der Waals surface area contributed by atoms with Crippen molar-refractivity contribution in [3.8, 4) is 5.75 Å². The Bertz CT molecular complexity index is 992. The number of amides is 1. The summed E-state index contributed by atoms with van der Waals surface area (Å²) in [6.45, 7) is 0.408. The minimum atomic E-state index is -0.285. The van der Waals surface area contributed by atoms with Crippen molar-refractivity contribution in [3.05, 3.63) is 96.5 Å². The summed E-state index contributed by atoms with van der Waals surface area (Å²) < 4.78 is 7.97. The van der Waals surface area contributed by atoms with Gasteiger partial charge in [-0.05, 0) is 82.8 Å². The summed E-state index contributed by atoms with van der Waals surface area (Å²) in [4.78, 5) is 12.1. The van der Waals surface area contributed by atoms with E-state index in [-0.39, 0.29) is 5.91 Å². The van der Waals surface area contributed by atoms with Crippen LogP contribution in [0.2, 0.25) is 5.02 Å². The number of hydrogen-bond acceptors (Lipinski definition) is 3. The van der Waals surface area contributed by atoms with E-state index < -0.39 is 0 Å². The molecule has 1 N–H and O–H groups in total. The second kappa shape index (κ2) is 10.0. The first-order valence-corrected chi connectivity index (χ1v) is 10.5. The molecule has 4 nitrogen and oxygen atoms in total. The normalized spacial score (nSPS) is 10.8.